The molecule has 6 heteroatoms. The molecule has 0 radical (unpaired) electrons. The van der Waals surface area contributed by atoms with E-state index in [0.717, 1.165) is 6.07 Å². The van der Waals surface area contributed by atoms with Crippen LogP contribution in [0.2, 0.25) is 5.02 Å². The van der Waals surface area contributed by atoms with Crippen molar-refractivity contribution in [1.29, 1.82) is 0 Å². The van der Waals surface area contributed by atoms with E-state index in [1.807, 2.05) is 0 Å². The lowest BCUT2D eigenvalue weighted by molar-refractivity contribution is 0.561. The summed E-state index contributed by atoms with van der Waals surface area (Å²) in [5.74, 6) is -1.24. The number of aromatic nitrogens is 2. The Hall–Kier alpha value is -1.46. The first-order valence-corrected chi connectivity index (χ1v) is 5.71. The second-order valence-electron chi connectivity index (χ2n) is 3.93. The van der Waals surface area contributed by atoms with E-state index >= 15 is 0 Å². The summed E-state index contributed by atoms with van der Waals surface area (Å²) in [6.07, 6.45) is 1.50. The summed E-state index contributed by atoms with van der Waals surface area (Å²) in [5, 5.41) is 7.44. The van der Waals surface area contributed by atoms with E-state index < -0.39 is 17.7 Å². The number of nitrogens with zero attached hydrogens (tertiary/aromatic N) is 2. The fourth-order valence-electron chi connectivity index (χ4n) is 1.95. The van der Waals surface area contributed by atoms with Gasteiger partial charge in [0.05, 0.1) is 23.0 Å². The Bertz CT molecular complexity index is 529. The highest BCUT2D eigenvalue weighted by Crippen LogP contribution is 2.28. The number of halogens is 3. The van der Waals surface area contributed by atoms with Gasteiger partial charge in [0.25, 0.3) is 0 Å². The Morgan fingerprint density at radius 1 is 1.28 bits per heavy atom. The van der Waals surface area contributed by atoms with E-state index in [1.165, 1.54) is 18.3 Å². The minimum Gasteiger partial charge on any atom is -0.308 e. The van der Waals surface area contributed by atoms with Crippen LogP contribution in [0.1, 0.15) is 17.3 Å². The predicted molar refractivity (Wildman–Crippen MR) is 65.5 cm³/mol. The summed E-state index contributed by atoms with van der Waals surface area (Å²) in [6, 6.07) is 2.96. The number of rotatable bonds is 3. The number of benzene rings is 1. The topological polar surface area (TPSA) is 29.9 Å². The van der Waals surface area contributed by atoms with Gasteiger partial charge in [0.15, 0.2) is 0 Å². The van der Waals surface area contributed by atoms with Crippen molar-refractivity contribution in [3.8, 4) is 0 Å². The smallest absolute Gasteiger partial charge is 0.126 e. The third-order valence-electron chi connectivity index (χ3n) is 2.72. The third-order valence-corrected chi connectivity index (χ3v) is 3.01. The van der Waals surface area contributed by atoms with Crippen molar-refractivity contribution >= 4 is 11.6 Å². The molecule has 2 rings (SSSR count). The van der Waals surface area contributed by atoms with Crippen LogP contribution in [-0.2, 0) is 7.05 Å². The molecule has 0 saturated carbocycles. The van der Waals surface area contributed by atoms with Crippen LogP contribution in [0.3, 0.4) is 0 Å². The first-order chi connectivity index (χ1) is 8.52. The molecular formula is C12H12ClF2N3. The molecule has 1 heterocycles. The Morgan fingerprint density at radius 3 is 2.33 bits per heavy atom. The third kappa shape index (κ3) is 2.37. The van der Waals surface area contributed by atoms with E-state index in [1.54, 1.807) is 18.8 Å². The Balaban J connectivity index is 2.52. The van der Waals surface area contributed by atoms with Crippen molar-refractivity contribution in [3.63, 3.8) is 0 Å². The SMILES string of the molecule is CNC(c1cc(F)cc(F)c1)c1c(Cl)cnn1C. The van der Waals surface area contributed by atoms with Gasteiger partial charge in [-0.25, -0.2) is 8.78 Å². The van der Waals surface area contributed by atoms with Gasteiger partial charge in [-0.15, -0.1) is 0 Å². The molecule has 0 saturated heterocycles. The molecule has 0 aliphatic carbocycles. The van der Waals surface area contributed by atoms with E-state index in [0.29, 0.717) is 16.3 Å². The number of hydrogen-bond donors (Lipinski definition) is 1. The number of aryl methyl sites for hydroxylation is 1. The number of nitrogens with one attached hydrogen (secondary N) is 1. The molecule has 2 aromatic rings. The highest BCUT2D eigenvalue weighted by molar-refractivity contribution is 6.31. The zero-order chi connectivity index (χ0) is 13.3. The van der Waals surface area contributed by atoms with Crippen molar-refractivity contribution in [3.05, 3.63) is 52.3 Å². The first kappa shape index (κ1) is 13.0. The zero-order valence-electron chi connectivity index (χ0n) is 9.92. The highest BCUT2D eigenvalue weighted by atomic mass is 35.5. The van der Waals surface area contributed by atoms with Crippen LogP contribution in [-0.4, -0.2) is 16.8 Å². The maximum atomic E-state index is 13.2. The van der Waals surface area contributed by atoms with Crippen molar-refractivity contribution < 1.29 is 8.78 Å². The molecule has 0 spiro atoms. The molecule has 1 aromatic carbocycles. The molecule has 1 N–H and O–H groups in total. The van der Waals surface area contributed by atoms with Gasteiger partial charge in [0, 0.05) is 13.1 Å². The van der Waals surface area contributed by atoms with Gasteiger partial charge in [-0.1, -0.05) is 11.6 Å². The zero-order valence-corrected chi connectivity index (χ0v) is 10.7. The number of hydrogen-bond acceptors (Lipinski definition) is 2. The molecule has 18 heavy (non-hydrogen) atoms. The summed E-state index contributed by atoms with van der Waals surface area (Å²) in [6.45, 7) is 0. The average molecular weight is 272 g/mol. The van der Waals surface area contributed by atoms with Crippen molar-refractivity contribution in [2.75, 3.05) is 7.05 Å². The molecule has 1 aromatic heterocycles. The van der Waals surface area contributed by atoms with E-state index in [2.05, 4.69) is 10.4 Å². The molecule has 3 nitrogen and oxygen atoms in total. The van der Waals surface area contributed by atoms with Crippen LogP contribution >= 0.6 is 11.6 Å². The largest absolute Gasteiger partial charge is 0.308 e. The quantitative estimate of drug-likeness (QED) is 0.930. The maximum Gasteiger partial charge on any atom is 0.126 e. The van der Waals surface area contributed by atoms with E-state index in [9.17, 15) is 8.78 Å². The minimum atomic E-state index is -0.622. The second-order valence-corrected chi connectivity index (χ2v) is 4.33. The highest BCUT2D eigenvalue weighted by Gasteiger charge is 2.20. The predicted octanol–water partition coefficient (Wildman–Crippen LogP) is 2.66. The van der Waals surface area contributed by atoms with Crippen LogP contribution in [0.25, 0.3) is 0 Å². The summed E-state index contributed by atoms with van der Waals surface area (Å²) >= 11 is 6.04. The van der Waals surface area contributed by atoms with Crippen LogP contribution in [0, 0.1) is 11.6 Å². The van der Waals surface area contributed by atoms with Gasteiger partial charge in [0.2, 0.25) is 0 Å². The normalized spacial score (nSPS) is 12.7. The monoisotopic (exact) mass is 271 g/mol. The average Bonchev–Trinajstić information content (AvgIpc) is 2.61. The Labute approximate surface area is 108 Å². The summed E-state index contributed by atoms with van der Waals surface area (Å²) < 4.78 is 28.1. The molecule has 0 amide bonds. The molecule has 1 atom stereocenters. The van der Waals surface area contributed by atoms with Gasteiger partial charge in [-0.2, -0.15) is 5.10 Å². The lowest BCUT2D eigenvalue weighted by Gasteiger charge is -2.18. The molecule has 0 aliphatic rings. The summed E-state index contributed by atoms with van der Waals surface area (Å²) in [7, 11) is 3.41. The van der Waals surface area contributed by atoms with Gasteiger partial charge in [-0.3, -0.25) is 4.68 Å². The lowest BCUT2D eigenvalue weighted by atomic mass is 10.0. The summed E-state index contributed by atoms with van der Waals surface area (Å²) in [4.78, 5) is 0. The molecule has 0 aliphatic heterocycles. The first-order valence-electron chi connectivity index (χ1n) is 5.33. The van der Waals surface area contributed by atoms with Crippen LogP contribution in [0.5, 0.6) is 0 Å². The van der Waals surface area contributed by atoms with Crippen molar-refractivity contribution in [2.24, 2.45) is 7.05 Å². The van der Waals surface area contributed by atoms with Gasteiger partial charge in [0.1, 0.15) is 11.6 Å². The fourth-order valence-corrected chi connectivity index (χ4v) is 2.22. The molecule has 96 valence electrons. The van der Waals surface area contributed by atoms with E-state index in [4.69, 9.17) is 11.6 Å². The Morgan fingerprint density at radius 2 is 1.89 bits per heavy atom. The van der Waals surface area contributed by atoms with Gasteiger partial charge >= 0.3 is 0 Å². The fraction of sp³-hybridized carbons (Fsp3) is 0.250. The van der Waals surface area contributed by atoms with E-state index in [-0.39, 0.29) is 0 Å². The molecule has 0 bridgehead atoms. The molecular weight excluding hydrogens is 260 g/mol. The lowest BCUT2D eigenvalue weighted by Crippen LogP contribution is -2.21. The second kappa shape index (κ2) is 5.04. The summed E-state index contributed by atoms with van der Waals surface area (Å²) in [5.41, 5.74) is 1.12. The molecule has 0 fully saturated rings. The van der Waals surface area contributed by atoms with Crippen LogP contribution in [0.4, 0.5) is 8.78 Å². The maximum absolute atomic E-state index is 13.2. The van der Waals surface area contributed by atoms with Crippen LogP contribution in [0.15, 0.2) is 24.4 Å². The standard InChI is InChI=1S/C12H12ClF2N3/c1-16-11(12-10(13)6-17-18(12)2)7-3-8(14)5-9(15)4-7/h3-6,11,16H,1-2H3. The van der Waals surface area contributed by atoms with Crippen molar-refractivity contribution in [2.45, 2.75) is 6.04 Å². The van der Waals surface area contributed by atoms with Crippen molar-refractivity contribution in [1.82, 2.24) is 15.1 Å². The minimum absolute atomic E-state index is 0.421. The van der Waals surface area contributed by atoms with Gasteiger partial charge in [-0.05, 0) is 24.7 Å². The van der Waals surface area contributed by atoms with Crippen LogP contribution < -0.4 is 5.32 Å². The molecule has 1 unspecified atom stereocenters. The Kier molecular flexibility index (Phi) is 3.63. The van der Waals surface area contributed by atoms with Gasteiger partial charge < -0.3 is 5.32 Å².